The lowest BCUT2D eigenvalue weighted by molar-refractivity contribution is 0.0845. The fourth-order valence-electron chi connectivity index (χ4n) is 2.08. The van der Waals surface area contributed by atoms with Gasteiger partial charge in [-0.05, 0) is 18.4 Å². The van der Waals surface area contributed by atoms with Gasteiger partial charge in [-0.3, -0.25) is 0 Å². The molecule has 2 atom stereocenters. The molecule has 0 saturated heterocycles. The Morgan fingerprint density at radius 3 is 3.07 bits per heavy atom. The number of aliphatic hydroxyl groups is 1. The van der Waals surface area contributed by atoms with Gasteiger partial charge in [-0.15, -0.1) is 0 Å². The first-order valence-corrected chi connectivity index (χ1v) is 5.03. The molecule has 1 heterocycles. The molecule has 1 aliphatic carbocycles. The second-order valence-corrected chi connectivity index (χ2v) is 3.78. The van der Waals surface area contributed by atoms with Gasteiger partial charge in [0.15, 0.2) is 0 Å². The van der Waals surface area contributed by atoms with Gasteiger partial charge in [0.1, 0.15) is 5.76 Å². The van der Waals surface area contributed by atoms with Crippen LogP contribution >= 0.6 is 0 Å². The highest BCUT2D eigenvalue weighted by Gasteiger charge is 2.28. The smallest absolute Gasteiger partial charge is 0.335 e. The van der Waals surface area contributed by atoms with E-state index in [4.69, 9.17) is 4.42 Å². The highest BCUT2D eigenvalue weighted by molar-refractivity contribution is 5.23. The molecule has 1 aromatic rings. The number of rotatable bonds is 1. The van der Waals surface area contributed by atoms with Gasteiger partial charge < -0.3 is 9.52 Å². The molecular formula is C11H14O3. The summed E-state index contributed by atoms with van der Waals surface area (Å²) < 4.78 is 5.05. The van der Waals surface area contributed by atoms with Gasteiger partial charge in [-0.25, -0.2) is 4.79 Å². The molecule has 0 aliphatic heterocycles. The Kier molecular flexibility index (Phi) is 2.42. The van der Waals surface area contributed by atoms with Crippen LogP contribution in [0.2, 0.25) is 0 Å². The highest BCUT2D eigenvalue weighted by atomic mass is 16.4. The summed E-state index contributed by atoms with van der Waals surface area (Å²) in [6, 6.07) is 3.06. The lowest BCUT2D eigenvalue weighted by Crippen LogP contribution is -2.21. The second kappa shape index (κ2) is 3.58. The first kappa shape index (κ1) is 9.46. The van der Waals surface area contributed by atoms with Crippen LogP contribution in [0.15, 0.2) is 21.3 Å². The Bertz CT molecular complexity index is 380. The Balaban J connectivity index is 2.41. The van der Waals surface area contributed by atoms with E-state index in [1.54, 1.807) is 6.07 Å². The van der Waals surface area contributed by atoms with Crippen LogP contribution in [0.5, 0.6) is 0 Å². The van der Waals surface area contributed by atoms with Gasteiger partial charge >= 0.3 is 5.63 Å². The normalized spacial score (nSPS) is 25.9. The van der Waals surface area contributed by atoms with Crippen LogP contribution in [0.3, 0.4) is 0 Å². The quantitative estimate of drug-likeness (QED) is 0.739. The van der Waals surface area contributed by atoms with E-state index in [0.717, 1.165) is 24.8 Å². The predicted molar refractivity (Wildman–Crippen MR) is 52.0 cm³/mol. The van der Waals surface area contributed by atoms with E-state index in [9.17, 15) is 9.90 Å². The van der Waals surface area contributed by atoms with Crippen molar-refractivity contribution in [3.8, 4) is 0 Å². The van der Waals surface area contributed by atoms with Crippen LogP contribution in [0.25, 0.3) is 0 Å². The lowest BCUT2D eigenvalue weighted by atomic mass is 9.83. The fraction of sp³-hybridized carbons (Fsp3) is 0.545. The van der Waals surface area contributed by atoms with Crippen LogP contribution < -0.4 is 5.63 Å². The topological polar surface area (TPSA) is 50.4 Å². The SMILES string of the molecule is CC[C@H]1CCc2oc(=O)ccc2[C@H]1O. The Morgan fingerprint density at radius 1 is 1.57 bits per heavy atom. The summed E-state index contributed by atoms with van der Waals surface area (Å²) in [5.74, 6) is 0.963. The van der Waals surface area contributed by atoms with E-state index in [1.807, 2.05) is 0 Å². The van der Waals surface area contributed by atoms with Crippen molar-refractivity contribution in [2.24, 2.45) is 5.92 Å². The summed E-state index contributed by atoms with van der Waals surface area (Å²) in [5, 5.41) is 9.95. The Labute approximate surface area is 82.4 Å². The largest absolute Gasteiger partial charge is 0.428 e. The molecule has 0 fully saturated rings. The van der Waals surface area contributed by atoms with Gasteiger partial charge in [0.05, 0.1) is 6.10 Å². The number of aliphatic hydroxyl groups excluding tert-OH is 1. The minimum atomic E-state index is -0.465. The number of fused-ring (bicyclic) bond motifs is 1. The average molecular weight is 194 g/mol. The van der Waals surface area contributed by atoms with E-state index in [2.05, 4.69) is 6.92 Å². The monoisotopic (exact) mass is 194 g/mol. The molecule has 1 aliphatic rings. The van der Waals surface area contributed by atoms with Crippen molar-refractivity contribution in [3.63, 3.8) is 0 Å². The van der Waals surface area contributed by atoms with E-state index < -0.39 is 6.10 Å². The lowest BCUT2D eigenvalue weighted by Gasteiger charge is -2.27. The molecule has 3 heteroatoms. The molecule has 0 spiro atoms. The Hall–Kier alpha value is -1.09. The molecular weight excluding hydrogens is 180 g/mol. The predicted octanol–water partition coefficient (Wildman–Crippen LogP) is 1.65. The molecule has 0 radical (unpaired) electrons. The van der Waals surface area contributed by atoms with Crippen molar-refractivity contribution in [2.75, 3.05) is 0 Å². The molecule has 14 heavy (non-hydrogen) atoms. The molecule has 3 nitrogen and oxygen atoms in total. The molecule has 0 aromatic carbocycles. The summed E-state index contributed by atoms with van der Waals surface area (Å²) in [6.45, 7) is 2.07. The highest BCUT2D eigenvalue weighted by Crippen LogP contribution is 2.35. The first-order chi connectivity index (χ1) is 6.72. The van der Waals surface area contributed by atoms with Gasteiger partial charge in [-0.1, -0.05) is 13.3 Å². The maximum absolute atomic E-state index is 11.0. The standard InChI is InChI=1S/C11H14O3/c1-2-7-3-5-9-8(11(7)13)4-6-10(12)14-9/h4,6-7,11,13H,2-3,5H2,1H3/t7-,11-/m0/s1. The van der Waals surface area contributed by atoms with Crippen LogP contribution in [-0.2, 0) is 6.42 Å². The molecule has 0 amide bonds. The third kappa shape index (κ3) is 1.48. The number of aryl methyl sites for hydroxylation is 1. The molecule has 0 unspecified atom stereocenters. The third-order valence-electron chi connectivity index (χ3n) is 2.98. The minimum Gasteiger partial charge on any atom is -0.428 e. The van der Waals surface area contributed by atoms with Crippen LogP contribution in [-0.4, -0.2) is 5.11 Å². The molecule has 2 rings (SSSR count). The van der Waals surface area contributed by atoms with Gasteiger partial charge in [0.25, 0.3) is 0 Å². The zero-order chi connectivity index (χ0) is 10.1. The van der Waals surface area contributed by atoms with E-state index >= 15 is 0 Å². The average Bonchev–Trinajstić information content (AvgIpc) is 2.18. The molecule has 0 bridgehead atoms. The number of hydrogen-bond acceptors (Lipinski definition) is 3. The summed E-state index contributed by atoms with van der Waals surface area (Å²) in [5.41, 5.74) is 0.466. The van der Waals surface area contributed by atoms with Crippen molar-refractivity contribution < 1.29 is 9.52 Å². The minimum absolute atomic E-state index is 0.301. The van der Waals surface area contributed by atoms with Crippen LogP contribution in [0, 0.1) is 5.92 Å². The zero-order valence-electron chi connectivity index (χ0n) is 8.19. The summed E-state index contributed by atoms with van der Waals surface area (Å²) in [4.78, 5) is 11.0. The third-order valence-corrected chi connectivity index (χ3v) is 2.98. The summed E-state index contributed by atoms with van der Waals surface area (Å²) in [6.07, 6.45) is 2.16. The molecule has 1 aromatic heterocycles. The molecule has 76 valence electrons. The Morgan fingerprint density at radius 2 is 2.36 bits per heavy atom. The maximum atomic E-state index is 11.0. The maximum Gasteiger partial charge on any atom is 0.335 e. The second-order valence-electron chi connectivity index (χ2n) is 3.78. The molecule has 1 N–H and O–H groups in total. The van der Waals surface area contributed by atoms with E-state index in [1.165, 1.54) is 6.07 Å². The zero-order valence-corrected chi connectivity index (χ0v) is 8.19. The van der Waals surface area contributed by atoms with Crippen molar-refractivity contribution in [2.45, 2.75) is 32.3 Å². The van der Waals surface area contributed by atoms with Gasteiger partial charge in [-0.2, -0.15) is 0 Å². The van der Waals surface area contributed by atoms with Gasteiger partial charge in [0.2, 0.25) is 0 Å². The van der Waals surface area contributed by atoms with Crippen molar-refractivity contribution in [3.05, 3.63) is 33.9 Å². The van der Waals surface area contributed by atoms with E-state index in [-0.39, 0.29) is 5.63 Å². The molecule has 0 saturated carbocycles. The fourth-order valence-corrected chi connectivity index (χ4v) is 2.08. The van der Waals surface area contributed by atoms with Crippen LogP contribution in [0.4, 0.5) is 0 Å². The van der Waals surface area contributed by atoms with Crippen molar-refractivity contribution in [1.82, 2.24) is 0 Å². The van der Waals surface area contributed by atoms with Crippen molar-refractivity contribution >= 4 is 0 Å². The number of hydrogen-bond donors (Lipinski definition) is 1. The van der Waals surface area contributed by atoms with E-state index in [0.29, 0.717) is 11.7 Å². The first-order valence-electron chi connectivity index (χ1n) is 5.03. The van der Waals surface area contributed by atoms with Crippen molar-refractivity contribution in [1.29, 1.82) is 0 Å². The van der Waals surface area contributed by atoms with Crippen LogP contribution in [0.1, 0.15) is 37.2 Å². The summed E-state index contributed by atoms with van der Waals surface area (Å²) in [7, 11) is 0. The van der Waals surface area contributed by atoms with Gasteiger partial charge in [0, 0.05) is 18.1 Å². The summed E-state index contributed by atoms with van der Waals surface area (Å²) >= 11 is 0.